The summed E-state index contributed by atoms with van der Waals surface area (Å²) in [4.78, 5) is 26.5. The van der Waals surface area contributed by atoms with Crippen LogP contribution in [0.1, 0.15) is 42.5 Å². The lowest BCUT2D eigenvalue weighted by Gasteiger charge is -2.33. The van der Waals surface area contributed by atoms with Crippen molar-refractivity contribution in [3.05, 3.63) is 42.2 Å². The first-order valence-electron chi connectivity index (χ1n) is 8.67. The molecule has 1 N–H and O–H groups in total. The molecule has 1 aliphatic carbocycles. The fourth-order valence-electron chi connectivity index (χ4n) is 4.25. The molecule has 2 aliphatic rings. The van der Waals surface area contributed by atoms with E-state index in [1.165, 1.54) is 0 Å². The number of aromatic nitrogens is 3. The van der Waals surface area contributed by atoms with Crippen molar-refractivity contribution in [2.24, 2.45) is 5.92 Å². The number of fused-ring (bicyclic) bond motifs is 1. The normalized spacial score (nSPS) is 25.6. The summed E-state index contributed by atoms with van der Waals surface area (Å²) >= 11 is 0. The van der Waals surface area contributed by atoms with Gasteiger partial charge < -0.3 is 10.0 Å². The minimum Gasteiger partial charge on any atom is -0.480 e. The molecule has 25 heavy (non-hydrogen) atoms. The number of carbonyl (C=O) groups excluding carboxylic acids is 1. The molecule has 7 nitrogen and oxygen atoms in total. The number of likely N-dealkylation sites (tertiary alicyclic amines) is 1. The molecule has 2 fully saturated rings. The van der Waals surface area contributed by atoms with Crippen LogP contribution >= 0.6 is 0 Å². The number of nitrogens with zero attached hydrogens (tertiary/aromatic N) is 4. The van der Waals surface area contributed by atoms with E-state index in [4.69, 9.17) is 0 Å². The highest BCUT2D eigenvalue weighted by molar-refractivity contribution is 5.97. The summed E-state index contributed by atoms with van der Waals surface area (Å²) < 4.78 is 1.58. The Hall–Kier alpha value is -2.70. The van der Waals surface area contributed by atoms with Gasteiger partial charge in [0.25, 0.3) is 5.91 Å². The van der Waals surface area contributed by atoms with Gasteiger partial charge in [0.05, 0.1) is 18.1 Å². The molecule has 2 aromatic rings. The van der Waals surface area contributed by atoms with Crippen molar-refractivity contribution in [1.29, 1.82) is 0 Å². The lowest BCUT2D eigenvalue weighted by Crippen LogP contribution is -2.46. The van der Waals surface area contributed by atoms with Gasteiger partial charge in [-0.2, -0.15) is 0 Å². The van der Waals surface area contributed by atoms with E-state index in [1.807, 2.05) is 6.07 Å². The van der Waals surface area contributed by atoms with Crippen LogP contribution in [0.25, 0.3) is 5.69 Å². The van der Waals surface area contributed by atoms with Gasteiger partial charge in [0.15, 0.2) is 0 Å². The molecule has 2 heterocycles. The topological polar surface area (TPSA) is 88.3 Å². The zero-order valence-corrected chi connectivity index (χ0v) is 13.8. The number of carbonyl (C=O) groups is 2. The van der Waals surface area contributed by atoms with E-state index in [9.17, 15) is 14.7 Å². The summed E-state index contributed by atoms with van der Waals surface area (Å²) in [6, 6.07) is 6.42. The predicted molar refractivity (Wildman–Crippen MR) is 89.3 cm³/mol. The van der Waals surface area contributed by atoms with E-state index in [0.717, 1.165) is 31.4 Å². The molecule has 1 saturated carbocycles. The van der Waals surface area contributed by atoms with Crippen molar-refractivity contribution < 1.29 is 14.7 Å². The molecule has 3 atom stereocenters. The lowest BCUT2D eigenvalue weighted by molar-refractivity contribution is -0.141. The first kappa shape index (κ1) is 15.8. The maximum absolute atomic E-state index is 13.2. The van der Waals surface area contributed by atoms with Crippen molar-refractivity contribution in [3.8, 4) is 5.69 Å². The fourth-order valence-corrected chi connectivity index (χ4v) is 4.25. The maximum Gasteiger partial charge on any atom is 0.326 e. The third-order valence-corrected chi connectivity index (χ3v) is 5.39. The Labute approximate surface area is 145 Å². The summed E-state index contributed by atoms with van der Waals surface area (Å²) in [5.41, 5.74) is 1.22. The van der Waals surface area contributed by atoms with Gasteiger partial charge in [-0.05, 0) is 43.4 Å². The molecule has 130 valence electrons. The summed E-state index contributed by atoms with van der Waals surface area (Å²) in [5, 5.41) is 17.3. The Kier molecular flexibility index (Phi) is 3.99. The van der Waals surface area contributed by atoms with Crippen molar-refractivity contribution in [3.63, 3.8) is 0 Å². The van der Waals surface area contributed by atoms with Crippen LogP contribution in [0.5, 0.6) is 0 Å². The summed E-state index contributed by atoms with van der Waals surface area (Å²) in [6.45, 7) is 0. The molecule has 1 aliphatic heterocycles. The summed E-state index contributed by atoms with van der Waals surface area (Å²) in [6.07, 6.45) is 7.92. The quantitative estimate of drug-likeness (QED) is 0.924. The maximum atomic E-state index is 13.2. The van der Waals surface area contributed by atoms with Crippen LogP contribution in [-0.2, 0) is 4.79 Å². The summed E-state index contributed by atoms with van der Waals surface area (Å²) in [5.74, 6) is -0.809. The highest BCUT2D eigenvalue weighted by Crippen LogP contribution is 2.40. The predicted octanol–water partition coefficient (Wildman–Crippen LogP) is 2.13. The molecule has 1 aromatic carbocycles. The SMILES string of the molecule is O=C(O)[C@@H]1C[C@H]2CCCC[C@H]2N1C(=O)c1cccc(-n2ccnn2)c1. The van der Waals surface area contributed by atoms with Crippen molar-refractivity contribution in [2.45, 2.75) is 44.2 Å². The molecule has 0 bridgehead atoms. The Morgan fingerprint density at radius 2 is 2.04 bits per heavy atom. The fraction of sp³-hybridized carbons (Fsp3) is 0.444. The third kappa shape index (κ3) is 2.79. The number of carboxylic acid groups (broad SMARTS) is 1. The van der Waals surface area contributed by atoms with Crippen LogP contribution in [-0.4, -0.2) is 49.0 Å². The van der Waals surface area contributed by atoms with Gasteiger partial charge in [-0.25, -0.2) is 9.48 Å². The molecular formula is C18H20N4O3. The highest BCUT2D eigenvalue weighted by Gasteiger charge is 2.47. The number of hydrogen-bond donors (Lipinski definition) is 1. The van der Waals surface area contributed by atoms with Crippen LogP contribution in [0.4, 0.5) is 0 Å². The number of rotatable bonds is 3. The first-order chi connectivity index (χ1) is 12.1. The monoisotopic (exact) mass is 340 g/mol. The number of amides is 1. The number of aliphatic carboxylic acids is 1. The van der Waals surface area contributed by atoms with Gasteiger partial charge in [-0.1, -0.05) is 24.1 Å². The van der Waals surface area contributed by atoms with Crippen LogP contribution in [0.3, 0.4) is 0 Å². The minimum absolute atomic E-state index is 0.0392. The molecule has 7 heteroatoms. The average Bonchev–Trinajstić information content (AvgIpc) is 3.29. The number of carboxylic acids is 1. The van der Waals surface area contributed by atoms with Crippen molar-refractivity contribution in [2.75, 3.05) is 0 Å². The van der Waals surface area contributed by atoms with E-state index in [1.54, 1.807) is 40.2 Å². The molecule has 0 unspecified atom stereocenters. The van der Waals surface area contributed by atoms with Crippen LogP contribution < -0.4 is 0 Å². The summed E-state index contributed by atoms with van der Waals surface area (Å²) in [7, 11) is 0. The van der Waals surface area contributed by atoms with Gasteiger partial charge in [0.1, 0.15) is 6.04 Å². The van der Waals surface area contributed by atoms with E-state index in [-0.39, 0.29) is 11.9 Å². The first-order valence-corrected chi connectivity index (χ1v) is 8.67. The second-order valence-corrected chi connectivity index (χ2v) is 6.81. The molecular weight excluding hydrogens is 320 g/mol. The van der Waals surface area contributed by atoms with E-state index >= 15 is 0 Å². The Morgan fingerprint density at radius 1 is 1.20 bits per heavy atom. The minimum atomic E-state index is -0.907. The van der Waals surface area contributed by atoms with Gasteiger partial charge in [-0.3, -0.25) is 4.79 Å². The molecule has 1 aromatic heterocycles. The van der Waals surface area contributed by atoms with E-state index < -0.39 is 12.0 Å². The standard InChI is InChI=1S/C18H20N4O3/c23-17(13-5-3-6-14(10-13)21-9-8-19-20-21)22-15-7-2-1-4-12(15)11-16(22)18(24)25/h3,5-6,8-10,12,15-16H,1-2,4,7,11H2,(H,24,25)/t12-,15-,16+/m1/s1. The molecule has 1 amide bonds. The number of hydrogen-bond acceptors (Lipinski definition) is 4. The van der Waals surface area contributed by atoms with Crippen molar-refractivity contribution in [1.82, 2.24) is 19.9 Å². The second kappa shape index (κ2) is 6.31. The Balaban J connectivity index is 1.67. The van der Waals surface area contributed by atoms with Crippen LogP contribution in [0, 0.1) is 5.92 Å². The molecule has 0 spiro atoms. The lowest BCUT2D eigenvalue weighted by atomic mass is 9.84. The number of benzene rings is 1. The largest absolute Gasteiger partial charge is 0.480 e. The second-order valence-electron chi connectivity index (χ2n) is 6.81. The zero-order chi connectivity index (χ0) is 17.4. The molecule has 0 radical (unpaired) electrons. The van der Waals surface area contributed by atoms with E-state index in [2.05, 4.69) is 10.3 Å². The molecule has 4 rings (SSSR count). The van der Waals surface area contributed by atoms with Crippen LogP contribution in [0.15, 0.2) is 36.7 Å². The van der Waals surface area contributed by atoms with Gasteiger partial charge in [0, 0.05) is 11.6 Å². The van der Waals surface area contributed by atoms with Crippen molar-refractivity contribution >= 4 is 11.9 Å². The smallest absolute Gasteiger partial charge is 0.326 e. The van der Waals surface area contributed by atoms with E-state index in [0.29, 0.717) is 17.9 Å². The Morgan fingerprint density at radius 3 is 2.80 bits per heavy atom. The zero-order valence-electron chi connectivity index (χ0n) is 13.8. The van der Waals surface area contributed by atoms with Gasteiger partial charge in [0.2, 0.25) is 0 Å². The highest BCUT2D eigenvalue weighted by atomic mass is 16.4. The molecule has 1 saturated heterocycles. The average molecular weight is 340 g/mol. The van der Waals surface area contributed by atoms with Crippen LogP contribution in [0.2, 0.25) is 0 Å². The third-order valence-electron chi connectivity index (χ3n) is 5.39. The van der Waals surface area contributed by atoms with Gasteiger partial charge >= 0.3 is 5.97 Å². The Bertz CT molecular complexity index is 789. The van der Waals surface area contributed by atoms with Gasteiger partial charge in [-0.15, -0.1) is 5.10 Å².